The Labute approximate surface area is 177 Å². The van der Waals surface area contributed by atoms with Gasteiger partial charge in [0, 0.05) is 45.0 Å². The summed E-state index contributed by atoms with van der Waals surface area (Å²) < 4.78 is 0.468. The van der Waals surface area contributed by atoms with Crippen LogP contribution in [0.3, 0.4) is 0 Å². The molecule has 0 N–H and O–H groups in total. The van der Waals surface area contributed by atoms with Crippen molar-refractivity contribution in [1.82, 2.24) is 9.80 Å². The second-order valence-corrected chi connectivity index (χ2v) is 8.28. The average Bonchev–Trinajstić information content (AvgIpc) is 2.70. The lowest BCUT2D eigenvalue weighted by molar-refractivity contribution is 0.0586. The van der Waals surface area contributed by atoms with Crippen molar-refractivity contribution in [3.05, 3.63) is 44.9 Å². The molecule has 2 aliphatic rings. The molecule has 0 spiro atoms. The topological polar surface area (TPSA) is 74.8 Å². The molecule has 0 saturated heterocycles. The van der Waals surface area contributed by atoms with Gasteiger partial charge in [0.05, 0.1) is 5.56 Å². The zero-order chi connectivity index (χ0) is 20.9. The summed E-state index contributed by atoms with van der Waals surface area (Å²) in [6.45, 7) is 4.68. The molecule has 0 atom stereocenters. The van der Waals surface area contributed by atoms with Crippen molar-refractivity contribution < 1.29 is 19.2 Å². The molecule has 7 heteroatoms. The van der Waals surface area contributed by atoms with E-state index in [9.17, 15) is 19.2 Å². The van der Waals surface area contributed by atoms with E-state index >= 15 is 0 Å². The van der Waals surface area contributed by atoms with Gasteiger partial charge in [-0.25, -0.2) is 0 Å². The SMILES string of the molecule is CCCCN1C(=O)c2ccc3c4c(c(Br)cc(c24)C1=O)C(=O)N(CCCC)C3=O. The van der Waals surface area contributed by atoms with E-state index in [0.717, 1.165) is 19.3 Å². The van der Waals surface area contributed by atoms with Gasteiger partial charge in [-0.15, -0.1) is 0 Å². The van der Waals surface area contributed by atoms with Crippen molar-refractivity contribution in [2.45, 2.75) is 39.5 Å². The minimum Gasteiger partial charge on any atom is -0.274 e. The van der Waals surface area contributed by atoms with Crippen LogP contribution in [-0.4, -0.2) is 46.5 Å². The molecule has 6 nitrogen and oxygen atoms in total. The largest absolute Gasteiger partial charge is 0.274 e. The molecule has 2 heterocycles. The Hall–Kier alpha value is -2.54. The number of hydrogen-bond acceptors (Lipinski definition) is 4. The quantitative estimate of drug-likeness (QED) is 0.603. The number of unbranched alkanes of at least 4 members (excludes halogenated alkanes) is 2. The third-order valence-electron chi connectivity index (χ3n) is 5.59. The smallest absolute Gasteiger partial charge is 0.262 e. The van der Waals surface area contributed by atoms with E-state index in [1.165, 1.54) is 9.80 Å². The van der Waals surface area contributed by atoms with Crippen LogP contribution < -0.4 is 0 Å². The zero-order valence-electron chi connectivity index (χ0n) is 16.4. The van der Waals surface area contributed by atoms with Gasteiger partial charge in [0.1, 0.15) is 0 Å². The molecule has 0 unspecified atom stereocenters. The highest BCUT2D eigenvalue weighted by atomic mass is 79.9. The summed E-state index contributed by atoms with van der Waals surface area (Å²) >= 11 is 3.44. The average molecular weight is 457 g/mol. The number of rotatable bonds is 6. The molecule has 0 fully saturated rings. The van der Waals surface area contributed by atoms with E-state index in [-0.39, 0.29) is 23.6 Å². The van der Waals surface area contributed by atoms with Crippen molar-refractivity contribution in [1.29, 1.82) is 0 Å². The predicted octanol–water partition coefficient (Wildman–Crippen LogP) is 4.39. The number of amides is 4. The Morgan fingerprint density at radius 2 is 1.21 bits per heavy atom. The van der Waals surface area contributed by atoms with Gasteiger partial charge in [-0.2, -0.15) is 0 Å². The highest BCUT2D eigenvalue weighted by molar-refractivity contribution is 9.10. The molecule has 2 aromatic rings. The molecule has 0 aliphatic carbocycles. The summed E-state index contributed by atoms with van der Waals surface area (Å²) in [7, 11) is 0. The second kappa shape index (κ2) is 7.37. The molecule has 4 amide bonds. The van der Waals surface area contributed by atoms with E-state index in [0.29, 0.717) is 57.0 Å². The fourth-order valence-electron chi connectivity index (χ4n) is 4.06. The molecular weight excluding hydrogens is 436 g/mol. The van der Waals surface area contributed by atoms with Gasteiger partial charge in [-0.05, 0) is 47.0 Å². The van der Waals surface area contributed by atoms with Crippen molar-refractivity contribution in [2.75, 3.05) is 13.1 Å². The Kier molecular flexibility index (Phi) is 5.02. The van der Waals surface area contributed by atoms with E-state index in [1.807, 2.05) is 13.8 Å². The van der Waals surface area contributed by atoms with Crippen molar-refractivity contribution >= 4 is 50.3 Å². The first-order valence-corrected chi connectivity index (χ1v) is 10.7. The molecule has 2 aromatic carbocycles. The molecule has 29 heavy (non-hydrogen) atoms. The summed E-state index contributed by atoms with van der Waals surface area (Å²) in [6, 6.07) is 4.83. The van der Waals surface area contributed by atoms with Gasteiger partial charge in [0.15, 0.2) is 0 Å². The van der Waals surface area contributed by atoms with Crippen LogP contribution in [-0.2, 0) is 0 Å². The number of benzene rings is 2. The van der Waals surface area contributed by atoms with Crippen LogP contribution in [0.2, 0.25) is 0 Å². The first kappa shape index (κ1) is 19.8. The molecule has 0 radical (unpaired) electrons. The lowest BCUT2D eigenvalue weighted by atomic mass is 9.85. The Balaban J connectivity index is 1.97. The standard InChI is InChI=1S/C22H21BrN2O4/c1-3-5-9-24-19(26)12-7-8-13-17-16(12)14(21(24)28)11-15(23)18(17)22(29)25(20(13)27)10-6-4-2/h7-8,11H,3-6,9-10H2,1-2H3. The van der Waals surface area contributed by atoms with E-state index < -0.39 is 0 Å². The van der Waals surface area contributed by atoms with E-state index in [4.69, 9.17) is 0 Å². The minimum atomic E-state index is -0.389. The normalized spacial score (nSPS) is 15.7. The second-order valence-electron chi connectivity index (χ2n) is 7.42. The first-order chi connectivity index (χ1) is 13.9. The van der Waals surface area contributed by atoms with Gasteiger partial charge in [0.2, 0.25) is 0 Å². The van der Waals surface area contributed by atoms with E-state index in [1.54, 1.807) is 18.2 Å². The van der Waals surface area contributed by atoms with Crippen LogP contribution in [0.4, 0.5) is 0 Å². The van der Waals surface area contributed by atoms with Gasteiger partial charge >= 0.3 is 0 Å². The maximum atomic E-state index is 13.1. The number of hydrogen-bond donors (Lipinski definition) is 0. The van der Waals surface area contributed by atoms with Gasteiger partial charge in [0.25, 0.3) is 23.6 Å². The van der Waals surface area contributed by atoms with Gasteiger partial charge in [-0.1, -0.05) is 26.7 Å². The summed E-state index contributed by atoms with van der Waals surface area (Å²) in [5.74, 6) is -1.52. The summed E-state index contributed by atoms with van der Waals surface area (Å²) in [5, 5.41) is 0.826. The molecule has 2 aliphatic heterocycles. The monoisotopic (exact) mass is 456 g/mol. The third kappa shape index (κ3) is 2.82. The zero-order valence-corrected chi connectivity index (χ0v) is 18.0. The lowest BCUT2D eigenvalue weighted by Gasteiger charge is -2.32. The van der Waals surface area contributed by atoms with Crippen molar-refractivity contribution in [2.24, 2.45) is 0 Å². The van der Waals surface area contributed by atoms with Crippen LogP contribution in [0.15, 0.2) is 22.7 Å². The Morgan fingerprint density at radius 3 is 1.76 bits per heavy atom. The number of nitrogens with zero attached hydrogens (tertiary/aromatic N) is 2. The molecular formula is C22H21BrN2O4. The van der Waals surface area contributed by atoms with Crippen molar-refractivity contribution in [3.63, 3.8) is 0 Å². The fourth-order valence-corrected chi connectivity index (χ4v) is 4.66. The molecule has 0 bridgehead atoms. The number of halogens is 1. The van der Waals surface area contributed by atoms with Crippen LogP contribution in [0.25, 0.3) is 10.8 Å². The first-order valence-electron chi connectivity index (χ1n) is 9.93. The van der Waals surface area contributed by atoms with Crippen molar-refractivity contribution in [3.8, 4) is 0 Å². The maximum Gasteiger partial charge on any atom is 0.262 e. The maximum absolute atomic E-state index is 13.1. The summed E-state index contributed by atoms with van der Waals surface area (Å²) in [4.78, 5) is 54.8. The highest BCUT2D eigenvalue weighted by Gasteiger charge is 2.40. The van der Waals surface area contributed by atoms with Crippen LogP contribution in [0.5, 0.6) is 0 Å². The Morgan fingerprint density at radius 1 is 0.724 bits per heavy atom. The minimum absolute atomic E-state index is 0.341. The van der Waals surface area contributed by atoms with Crippen LogP contribution >= 0.6 is 15.9 Å². The number of imide groups is 2. The number of carbonyl (C=O) groups excluding carboxylic acids is 4. The van der Waals surface area contributed by atoms with Gasteiger partial charge < -0.3 is 0 Å². The highest BCUT2D eigenvalue weighted by Crippen LogP contribution is 2.41. The molecule has 0 saturated carbocycles. The van der Waals surface area contributed by atoms with Crippen LogP contribution in [0.1, 0.15) is 81.0 Å². The lowest BCUT2D eigenvalue weighted by Crippen LogP contribution is -2.44. The molecule has 150 valence electrons. The molecule has 4 rings (SSSR count). The summed E-state index contributed by atoms with van der Waals surface area (Å²) in [5.41, 5.74) is 1.43. The van der Waals surface area contributed by atoms with Crippen LogP contribution in [0, 0.1) is 0 Å². The van der Waals surface area contributed by atoms with Gasteiger partial charge in [-0.3, -0.25) is 29.0 Å². The fraction of sp³-hybridized carbons (Fsp3) is 0.364. The summed E-state index contributed by atoms with van der Waals surface area (Å²) in [6.07, 6.45) is 3.15. The predicted molar refractivity (Wildman–Crippen MR) is 112 cm³/mol. The third-order valence-corrected chi connectivity index (χ3v) is 6.22. The van der Waals surface area contributed by atoms with E-state index in [2.05, 4.69) is 15.9 Å². The Bertz CT molecular complexity index is 1090. The number of carbonyl (C=O) groups is 4. The molecule has 0 aromatic heterocycles.